The molecule has 0 amide bonds. The molecule has 1 aliphatic carbocycles. The van der Waals surface area contributed by atoms with Crippen LogP contribution in [0, 0.1) is 17.7 Å². The van der Waals surface area contributed by atoms with Crippen LogP contribution in [0.25, 0.3) is 0 Å². The summed E-state index contributed by atoms with van der Waals surface area (Å²) in [6.45, 7) is 8.67. The minimum atomic E-state index is -0.147. The second-order valence-corrected chi connectivity index (χ2v) is 6.69. The Hall–Kier alpha value is -1.25. The summed E-state index contributed by atoms with van der Waals surface area (Å²) in [5.41, 5.74) is 1.56. The van der Waals surface area contributed by atoms with E-state index in [1.165, 1.54) is 12.8 Å². The number of halogens is 1. The number of nitrogens with zero attached hydrogens (tertiary/aromatic N) is 1. The monoisotopic (exact) mass is 278 g/mol. The molecule has 20 heavy (non-hydrogen) atoms. The smallest absolute Gasteiger partial charge is 0.148 e. The van der Waals surface area contributed by atoms with Gasteiger partial charge in [0.15, 0.2) is 0 Å². The van der Waals surface area contributed by atoms with Crippen molar-refractivity contribution >= 4 is 11.4 Å². The van der Waals surface area contributed by atoms with Crippen LogP contribution in [0.5, 0.6) is 0 Å². The van der Waals surface area contributed by atoms with Gasteiger partial charge in [0, 0.05) is 24.8 Å². The van der Waals surface area contributed by atoms with Gasteiger partial charge in [-0.25, -0.2) is 4.39 Å². The lowest BCUT2D eigenvalue weighted by Gasteiger charge is -2.39. The Morgan fingerprint density at radius 3 is 2.35 bits per heavy atom. The fourth-order valence-corrected chi connectivity index (χ4v) is 2.72. The van der Waals surface area contributed by atoms with Gasteiger partial charge in [0.25, 0.3) is 0 Å². The lowest BCUT2D eigenvalue weighted by Crippen LogP contribution is -2.37. The maximum Gasteiger partial charge on any atom is 0.148 e. The van der Waals surface area contributed by atoms with Gasteiger partial charge in [0.05, 0.1) is 5.69 Å². The molecule has 1 aromatic rings. The summed E-state index contributed by atoms with van der Waals surface area (Å²) in [7, 11) is 1.93. The van der Waals surface area contributed by atoms with E-state index in [0.717, 1.165) is 17.5 Å². The lowest BCUT2D eigenvalue weighted by atomic mass is 9.73. The highest BCUT2D eigenvalue weighted by Crippen LogP contribution is 2.36. The fraction of sp³-hybridized carbons (Fsp3) is 0.647. The fourth-order valence-electron chi connectivity index (χ4n) is 2.72. The molecule has 0 unspecified atom stereocenters. The minimum absolute atomic E-state index is 0.147. The maximum absolute atomic E-state index is 14.2. The van der Waals surface area contributed by atoms with E-state index < -0.39 is 0 Å². The van der Waals surface area contributed by atoms with E-state index in [9.17, 15) is 4.39 Å². The molecule has 112 valence electrons. The van der Waals surface area contributed by atoms with Crippen molar-refractivity contribution in [1.82, 2.24) is 0 Å². The first-order valence-electron chi connectivity index (χ1n) is 7.67. The largest absolute Gasteiger partial charge is 0.382 e. The van der Waals surface area contributed by atoms with Gasteiger partial charge in [-0.15, -0.1) is 0 Å². The van der Waals surface area contributed by atoms with Gasteiger partial charge in [-0.2, -0.15) is 0 Å². The summed E-state index contributed by atoms with van der Waals surface area (Å²) in [4.78, 5) is 1.96. The van der Waals surface area contributed by atoms with Gasteiger partial charge < -0.3 is 10.2 Å². The van der Waals surface area contributed by atoms with Crippen molar-refractivity contribution in [2.75, 3.05) is 17.3 Å². The lowest BCUT2D eigenvalue weighted by molar-refractivity contribution is 0.212. The molecule has 1 saturated carbocycles. The van der Waals surface area contributed by atoms with E-state index in [4.69, 9.17) is 0 Å². The van der Waals surface area contributed by atoms with Crippen LogP contribution in [0.3, 0.4) is 0 Å². The normalized spacial score (nSPS) is 22.0. The first-order chi connectivity index (χ1) is 9.38. The van der Waals surface area contributed by atoms with E-state index in [-0.39, 0.29) is 5.82 Å². The van der Waals surface area contributed by atoms with Crippen molar-refractivity contribution in [2.24, 2.45) is 11.8 Å². The van der Waals surface area contributed by atoms with Gasteiger partial charge in [-0.1, -0.05) is 13.8 Å². The van der Waals surface area contributed by atoms with Gasteiger partial charge in [0.2, 0.25) is 0 Å². The van der Waals surface area contributed by atoms with Crippen LogP contribution in [-0.2, 0) is 0 Å². The second-order valence-electron chi connectivity index (χ2n) is 6.69. The topological polar surface area (TPSA) is 15.3 Å². The Balaban J connectivity index is 1.96. The summed E-state index contributed by atoms with van der Waals surface area (Å²) in [6.07, 6.45) is 2.40. The van der Waals surface area contributed by atoms with Crippen molar-refractivity contribution in [3.63, 3.8) is 0 Å². The summed E-state index contributed by atoms with van der Waals surface area (Å²) in [6, 6.07) is 6.28. The molecule has 0 bridgehead atoms. The molecule has 0 heterocycles. The van der Waals surface area contributed by atoms with Crippen LogP contribution >= 0.6 is 0 Å². The summed E-state index contributed by atoms with van der Waals surface area (Å²) >= 11 is 0. The zero-order valence-corrected chi connectivity index (χ0v) is 13.3. The summed E-state index contributed by atoms with van der Waals surface area (Å²) in [5.74, 6) is 1.43. The first kappa shape index (κ1) is 15.1. The number of benzene rings is 1. The highest BCUT2D eigenvalue weighted by molar-refractivity contribution is 5.56. The van der Waals surface area contributed by atoms with E-state index in [2.05, 4.69) is 33.0 Å². The van der Waals surface area contributed by atoms with Gasteiger partial charge in [0.1, 0.15) is 5.82 Å². The predicted molar refractivity (Wildman–Crippen MR) is 84.9 cm³/mol. The molecule has 2 nitrogen and oxygen atoms in total. The Morgan fingerprint density at radius 2 is 1.85 bits per heavy atom. The molecule has 0 aliphatic heterocycles. The highest BCUT2D eigenvalue weighted by Gasteiger charge is 2.31. The highest BCUT2D eigenvalue weighted by atomic mass is 19.1. The number of hydrogen-bond acceptors (Lipinski definition) is 2. The minimum Gasteiger partial charge on any atom is -0.382 e. The molecule has 0 atom stereocenters. The average Bonchev–Trinajstić information content (AvgIpc) is 2.32. The zero-order chi connectivity index (χ0) is 14.9. The maximum atomic E-state index is 14.2. The molecule has 1 fully saturated rings. The van der Waals surface area contributed by atoms with Crippen LogP contribution < -0.4 is 10.2 Å². The Labute approximate surface area is 122 Å². The second kappa shape index (κ2) is 6.02. The van der Waals surface area contributed by atoms with Crippen molar-refractivity contribution < 1.29 is 4.39 Å². The number of anilines is 2. The molecule has 0 aromatic heterocycles. The Kier molecular flexibility index (Phi) is 4.56. The first-order valence-corrected chi connectivity index (χ1v) is 7.67. The summed E-state index contributed by atoms with van der Waals surface area (Å²) < 4.78 is 14.2. The molecular formula is C17H27FN2. The Morgan fingerprint density at radius 1 is 1.20 bits per heavy atom. The van der Waals surface area contributed by atoms with Gasteiger partial charge >= 0.3 is 0 Å². The molecule has 1 N–H and O–H groups in total. The molecule has 0 spiro atoms. The van der Waals surface area contributed by atoms with Crippen LogP contribution in [0.4, 0.5) is 15.8 Å². The van der Waals surface area contributed by atoms with Gasteiger partial charge in [-0.05, 0) is 56.7 Å². The van der Waals surface area contributed by atoms with E-state index in [1.807, 2.05) is 24.1 Å². The molecule has 1 aliphatic rings. The third-order valence-electron chi connectivity index (χ3n) is 4.59. The molecule has 1 aromatic carbocycles. The number of hydrogen-bond donors (Lipinski definition) is 1. The molecule has 0 radical (unpaired) electrons. The van der Waals surface area contributed by atoms with E-state index >= 15 is 0 Å². The van der Waals surface area contributed by atoms with Crippen molar-refractivity contribution in [3.05, 3.63) is 24.0 Å². The molecule has 2 rings (SSSR count). The van der Waals surface area contributed by atoms with Crippen LogP contribution in [0.2, 0.25) is 0 Å². The van der Waals surface area contributed by atoms with Crippen molar-refractivity contribution in [2.45, 2.75) is 52.6 Å². The SMILES string of the molecule is CC(C)C1CC(Nc2ccc(N(C)C(C)C)c(F)c2)C1. The molecule has 3 heteroatoms. The van der Waals surface area contributed by atoms with Gasteiger partial charge in [-0.3, -0.25) is 0 Å². The van der Waals surface area contributed by atoms with E-state index in [1.54, 1.807) is 6.07 Å². The van der Waals surface area contributed by atoms with Crippen molar-refractivity contribution in [1.29, 1.82) is 0 Å². The third-order valence-corrected chi connectivity index (χ3v) is 4.59. The number of rotatable bonds is 5. The zero-order valence-electron chi connectivity index (χ0n) is 13.3. The molecular weight excluding hydrogens is 251 g/mol. The standard InChI is InChI=1S/C17H27FN2/c1-11(2)13-8-15(9-13)19-14-6-7-17(16(18)10-14)20(5)12(3)4/h6-7,10-13,15,19H,8-9H2,1-5H3. The van der Waals surface area contributed by atoms with Crippen LogP contribution in [0.1, 0.15) is 40.5 Å². The van der Waals surface area contributed by atoms with E-state index in [0.29, 0.717) is 17.8 Å². The Bertz CT molecular complexity index is 450. The van der Waals surface area contributed by atoms with Crippen LogP contribution in [0.15, 0.2) is 18.2 Å². The van der Waals surface area contributed by atoms with Crippen LogP contribution in [-0.4, -0.2) is 19.1 Å². The average molecular weight is 278 g/mol. The quantitative estimate of drug-likeness (QED) is 0.852. The summed E-state index contributed by atoms with van der Waals surface area (Å²) in [5, 5.41) is 3.44. The van der Waals surface area contributed by atoms with Crippen molar-refractivity contribution in [3.8, 4) is 0 Å². The third kappa shape index (κ3) is 3.25. The number of nitrogens with one attached hydrogen (secondary N) is 1. The predicted octanol–water partition coefficient (Wildman–Crippen LogP) is 4.52. The molecule has 0 saturated heterocycles.